The zero-order valence-electron chi connectivity index (χ0n) is 18.6. The minimum absolute atomic E-state index is 0.0830. The van der Waals surface area contributed by atoms with Crippen LogP contribution in [-0.4, -0.2) is 58.5 Å². The molecule has 0 spiro atoms. The lowest BCUT2D eigenvalue weighted by molar-refractivity contribution is 0.238. The van der Waals surface area contributed by atoms with Gasteiger partial charge >= 0.3 is 0 Å². The highest BCUT2D eigenvalue weighted by molar-refractivity contribution is 5.49. The van der Waals surface area contributed by atoms with Gasteiger partial charge in [-0.1, -0.05) is 12.1 Å². The molecule has 1 saturated heterocycles. The van der Waals surface area contributed by atoms with Crippen LogP contribution in [0.5, 0.6) is 23.0 Å². The summed E-state index contributed by atoms with van der Waals surface area (Å²) in [4.78, 5) is 2.52. The first-order chi connectivity index (χ1) is 14.7. The van der Waals surface area contributed by atoms with Crippen molar-refractivity contribution in [3.63, 3.8) is 0 Å². The summed E-state index contributed by atoms with van der Waals surface area (Å²) in [6.45, 7) is 9.19. The molecule has 1 fully saturated rings. The van der Waals surface area contributed by atoms with E-state index in [2.05, 4.69) is 34.5 Å². The van der Waals surface area contributed by atoms with Crippen molar-refractivity contribution in [2.45, 2.75) is 26.3 Å². The molecule has 1 unspecified atom stereocenters. The van der Waals surface area contributed by atoms with Gasteiger partial charge in [-0.05, 0) is 62.2 Å². The molecule has 6 nitrogen and oxygen atoms in total. The molecule has 3 rings (SSSR count). The van der Waals surface area contributed by atoms with E-state index >= 15 is 0 Å². The van der Waals surface area contributed by atoms with E-state index in [0.29, 0.717) is 13.2 Å². The molecule has 0 saturated carbocycles. The first-order valence-electron chi connectivity index (χ1n) is 10.8. The maximum absolute atomic E-state index is 5.91. The second kappa shape index (κ2) is 11.1. The van der Waals surface area contributed by atoms with Crippen molar-refractivity contribution in [2.24, 2.45) is 0 Å². The van der Waals surface area contributed by atoms with Crippen LogP contribution in [0.4, 0.5) is 0 Å². The fourth-order valence-corrected chi connectivity index (χ4v) is 4.00. The molecule has 1 N–H and O–H groups in total. The Morgan fingerprint density at radius 2 is 1.43 bits per heavy atom. The van der Waals surface area contributed by atoms with E-state index in [0.717, 1.165) is 55.6 Å². The normalized spacial score (nSPS) is 15.9. The third kappa shape index (κ3) is 5.18. The summed E-state index contributed by atoms with van der Waals surface area (Å²) >= 11 is 0. The van der Waals surface area contributed by atoms with E-state index < -0.39 is 0 Å². The lowest BCUT2D eigenvalue weighted by atomic mass is 9.95. The number of benzene rings is 2. The first-order valence-corrected chi connectivity index (χ1v) is 10.8. The minimum atomic E-state index is 0.0830. The summed E-state index contributed by atoms with van der Waals surface area (Å²) in [6, 6.07) is 12.6. The average Bonchev–Trinajstić information content (AvgIpc) is 3.05. The Morgan fingerprint density at radius 1 is 0.800 bits per heavy atom. The van der Waals surface area contributed by atoms with Gasteiger partial charge in [-0.2, -0.15) is 0 Å². The first kappa shape index (κ1) is 22.2. The molecule has 0 bridgehead atoms. The second-order valence-electron chi connectivity index (χ2n) is 7.23. The second-order valence-corrected chi connectivity index (χ2v) is 7.23. The maximum Gasteiger partial charge on any atom is 0.161 e. The van der Waals surface area contributed by atoms with Gasteiger partial charge in [0.15, 0.2) is 23.0 Å². The summed E-state index contributed by atoms with van der Waals surface area (Å²) in [6.07, 6.45) is 1.11. The molecule has 1 heterocycles. The van der Waals surface area contributed by atoms with Crippen molar-refractivity contribution in [1.29, 1.82) is 0 Å². The lowest BCUT2D eigenvalue weighted by Gasteiger charge is -2.32. The average molecular weight is 415 g/mol. The summed E-state index contributed by atoms with van der Waals surface area (Å²) in [5, 5.41) is 3.50. The van der Waals surface area contributed by atoms with Crippen molar-refractivity contribution in [3.05, 3.63) is 47.5 Å². The molecule has 0 aromatic heterocycles. The fourth-order valence-electron chi connectivity index (χ4n) is 4.00. The molecule has 1 aliphatic rings. The predicted molar refractivity (Wildman–Crippen MR) is 119 cm³/mol. The van der Waals surface area contributed by atoms with Gasteiger partial charge in [0.25, 0.3) is 0 Å². The van der Waals surface area contributed by atoms with E-state index in [1.165, 1.54) is 11.1 Å². The molecule has 0 radical (unpaired) electrons. The van der Waals surface area contributed by atoms with Crippen LogP contribution in [0, 0.1) is 0 Å². The Bertz CT molecular complexity index is 804. The summed E-state index contributed by atoms with van der Waals surface area (Å²) in [5.41, 5.74) is 2.34. The van der Waals surface area contributed by atoms with Crippen LogP contribution in [-0.2, 0) is 0 Å². The van der Waals surface area contributed by atoms with Crippen LogP contribution >= 0.6 is 0 Å². The summed E-state index contributed by atoms with van der Waals surface area (Å²) in [5.74, 6) is 3.05. The molecular formula is C24H34N2O4. The standard InChI is InChI=1S/C24H34N2O4/c1-5-29-21-11-9-19(17-23(21)30-6-2)24(26-14-7-12-25-13-15-26)18-8-10-20(27-3)22(16-18)28-4/h8-11,16-17,24-25H,5-7,12-15H2,1-4H3. The smallest absolute Gasteiger partial charge is 0.161 e. The van der Waals surface area contributed by atoms with Crippen molar-refractivity contribution >= 4 is 0 Å². The van der Waals surface area contributed by atoms with E-state index in [1.54, 1.807) is 14.2 Å². The van der Waals surface area contributed by atoms with Crippen LogP contribution < -0.4 is 24.3 Å². The van der Waals surface area contributed by atoms with Crippen LogP contribution in [0.2, 0.25) is 0 Å². The molecule has 30 heavy (non-hydrogen) atoms. The van der Waals surface area contributed by atoms with E-state index in [9.17, 15) is 0 Å². The highest BCUT2D eigenvalue weighted by atomic mass is 16.5. The third-order valence-corrected chi connectivity index (χ3v) is 5.35. The summed E-state index contributed by atoms with van der Waals surface area (Å²) < 4.78 is 22.7. The van der Waals surface area contributed by atoms with Crippen molar-refractivity contribution in [1.82, 2.24) is 10.2 Å². The van der Waals surface area contributed by atoms with Gasteiger partial charge in [-0.15, -0.1) is 0 Å². The Kier molecular flexibility index (Phi) is 8.22. The molecule has 164 valence electrons. The highest BCUT2D eigenvalue weighted by Crippen LogP contribution is 2.38. The molecule has 2 aromatic carbocycles. The van der Waals surface area contributed by atoms with Gasteiger partial charge in [0.1, 0.15) is 0 Å². The number of hydrogen-bond acceptors (Lipinski definition) is 6. The van der Waals surface area contributed by atoms with E-state index in [1.807, 2.05) is 26.0 Å². The fraction of sp³-hybridized carbons (Fsp3) is 0.500. The van der Waals surface area contributed by atoms with Gasteiger partial charge in [-0.3, -0.25) is 4.90 Å². The molecule has 2 aromatic rings. The van der Waals surface area contributed by atoms with Crippen LogP contribution in [0.3, 0.4) is 0 Å². The van der Waals surface area contributed by atoms with Gasteiger partial charge in [-0.25, -0.2) is 0 Å². The topological polar surface area (TPSA) is 52.2 Å². The van der Waals surface area contributed by atoms with Gasteiger partial charge in [0.2, 0.25) is 0 Å². The van der Waals surface area contributed by atoms with Gasteiger partial charge in [0, 0.05) is 19.6 Å². The van der Waals surface area contributed by atoms with Gasteiger partial charge in [0.05, 0.1) is 33.5 Å². The number of methoxy groups -OCH3 is 2. The molecular weight excluding hydrogens is 380 g/mol. The molecule has 0 aliphatic carbocycles. The zero-order valence-corrected chi connectivity index (χ0v) is 18.6. The van der Waals surface area contributed by atoms with Crippen LogP contribution in [0.1, 0.15) is 37.4 Å². The molecule has 0 amide bonds. The number of ether oxygens (including phenoxy) is 4. The molecule has 6 heteroatoms. The third-order valence-electron chi connectivity index (χ3n) is 5.35. The quantitative estimate of drug-likeness (QED) is 0.672. The van der Waals surface area contributed by atoms with E-state index in [-0.39, 0.29) is 6.04 Å². The SMILES string of the molecule is CCOc1ccc(C(c2ccc(OC)c(OC)c2)N2CCCNCC2)cc1OCC. The van der Waals surface area contributed by atoms with Gasteiger partial charge < -0.3 is 24.3 Å². The summed E-state index contributed by atoms with van der Waals surface area (Å²) in [7, 11) is 3.34. The van der Waals surface area contributed by atoms with Crippen molar-refractivity contribution < 1.29 is 18.9 Å². The zero-order chi connectivity index (χ0) is 21.3. The van der Waals surface area contributed by atoms with Crippen molar-refractivity contribution in [3.8, 4) is 23.0 Å². The number of nitrogens with one attached hydrogen (secondary N) is 1. The molecule has 1 aliphatic heterocycles. The van der Waals surface area contributed by atoms with E-state index in [4.69, 9.17) is 18.9 Å². The lowest BCUT2D eigenvalue weighted by Crippen LogP contribution is -2.33. The van der Waals surface area contributed by atoms with Crippen LogP contribution in [0.15, 0.2) is 36.4 Å². The Labute approximate surface area is 180 Å². The Balaban J connectivity index is 2.06. The highest BCUT2D eigenvalue weighted by Gasteiger charge is 2.25. The number of nitrogens with zero attached hydrogens (tertiary/aromatic N) is 1. The molecule has 1 atom stereocenters. The largest absolute Gasteiger partial charge is 0.493 e. The Morgan fingerprint density at radius 3 is 2.10 bits per heavy atom. The number of rotatable bonds is 9. The predicted octanol–water partition coefficient (Wildman–Crippen LogP) is 3.89. The minimum Gasteiger partial charge on any atom is -0.493 e. The number of hydrogen-bond donors (Lipinski definition) is 1. The van der Waals surface area contributed by atoms with Crippen molar-refractivity contribution in [2.75, 3.05) is 53.6 Å². The maximum atomic E-state index is 5.91. The monoisotopic (exact) mass is 414 g/mol. The van der Waals surface area contributed by atoms with Crippen LogP contribution in [0.25, 0.3) is 0 Å². The Hall–Kier alpha value is -2.44.